The monoisotopic (exact) mass is 419 g/mol. The van der Waals surface area contributed by atoms with Crippen LogP contribution in [-0.2, 0) is 4.74 Å². The van der Waals surface area contributed by atoms with E-state index in [9.17, 15) is 0 Å². The molecular weight excluding hydrogens is 401 g/mol. The van der Waals surface area contributed by atoms with E-state index in [4.69, 9.17) is 32.7 Å². The second-order valence-electron chi connectivity index (χ2n) is 6.25. The van der Waals surface area contributed by atoms with Gasteiger partial charge < -0.3 is 19.7 Å². The normalized spacial score (nSPS) is 14.2. The molecule has 9 heteroatoms. The molecule has 2 heterocycles. The molecule has 0 spiro atoms. The number of hydrogen-bond donors (Lipinski definition) is 2. The number of aromatic amines is 1. The number of morpholine rings is 1. The van der Waals surface area contributed by atoms with Crippen molar-refractivity contribution in [1.82, 2.24) is 15.2 Å². The molecule has 2 N–H and O–H groups in total. The van der Waals surface area contributed by atoms with Crippen molar-refractivity contribution in [2.75, 3.05) is 43.6 Å². The van der Waals surface area contributed by atoms with Gasteiger partial charge in [0.25, 0.3) is 0 Å². The third-order valence-corrected chi connectivity index (χ3v) is 5.02. The molecule has 1 aliphatic heterocycles. The van der Waals surface area contributed by atoms with Gasteiger partial charge in [-0.1, -0.05) is 23.2 Å². The van der Waals surface area contributed by atoms with E-state index in [0.717, 1.165) is 37.6 Å². The lowest BCUT2D eigenvalue weighted by atomic mass is 10.2. The van der Waals surface area contributed by atoms with Gasteiger partial charge in [-0.2, -0.15) is 4.98 Å². The van der Waals surface area contributed by atoms with Gasteiger partial charge >= 0.3 is 0 Å². The Balaban J connectivity index is 1.48. The van der Waals surface area contributed by atoms with Crippen LogP contribution in [0, 0.1) is 0 Å². The average molecular weight is 420 g/mol. The third-order valence-electron chi connectivity index (χ3n) is 4.46. The summed E-state index contributed by atoms with van der Waals surface area (Å²) in [4.78, 5) is 6.76. The third kappa shape index (κ3) is 4.01. The van der Waals surface area contributed by atoms with Gasteiger partial charge in [-0.05, 0) is 36.4 Å². The molecule has 2 aromatic carbocycles. The summed E-state index contributed by atoms with van der Waals surface area (Å²) in [7, 11) is 1.52. The molecule has 28 heavy (non-hydrogen) atoms. The number of H-pyrrole nitrogens is 1. The predicted octanol–water partition coefficient (Wildman–Crippen LogP) is 4.37. The van der Waals surface area contributed by atoms with Gasteiger partial charge in [0.1, 0.15) is 0 Å². The van der Waals surface area contributed by atoms with Crippen LogP contribution in [0.4, 0.5) is 17.3 Å². The number of ether oxygens (including phenoxy) is 2. The summed E-state index contributed by atoms with van der Waals surface area (Å²) in [6.45, 7) is 3.34. The zero-order valence-electron chi connectivity index (χ0n) is 15.2. The van der Waals surface area contributed by atoms with Crippen molar-refractivity contribution in [1.29, 1.82) is 0 Å². The maximum Gasteiger partial charge on any atom is 0.246 e. The van der Waals surface area contributed by atoms with Crippen LogP contribution in [0.1, 0.15) is 0 Å². The van der Waals surface area contributed by atoms with E-state index in [1.807, 2.05) is 12.1 Å². The van der Waals surface area contributed by atoms with Gasteiger partial charge in [0.05, 0.1) is 30.4 Å². The highest BCUT2D eigenvalue weighted by molar-refractivity contribution is 6.37. The van der Waals surface area contributed by atoms with Crippen molar-refractivity contribution in [3.8, 4) is 17.1 Å². The number of halogens is 2. The molecule has 0 unspecified atom stereocenters. The summed E-state index contributed by atoms with van der Waals surface area (Å²) in [5.41, 5.74) is 2.79. The number of methoxy groups -OCH3 is 1. The minimum Gasteiger partial charge on any atom is -0.494 e. The summed E-state index contributed by atoms with van der Waals surface area (Å²) in [5.74, 6) is 1.45. The highest BCUT2D eigenvalue weighted by Crippen LogP contribution is 2.36. The minimum absolute atomic E-state index is 0.412. The van der Waals surface area contributed by atoms with Gasteiger partial charge in [0.2, 0.25) is 5.95 Å². The molecule has 1 saturated heterocycles. The van der Waals surface area contributed by atoms with E-state index < -0.39 is 0 Å². The van der Waals surface area contributed by atoms with Crippen molar-refractivity contribution >= 4 is 40.5 Å². The Morgan fingerprint density at radius 1 is 1.11 bits per heavy atom. The van der Waals surface area contributed by atoms with Crippen molar-refractivity contribution in [2.24, 2.45) is 0 Å². The maximum atomic E-state index is 6.20. The molecule has 1 fully saturated rings. The van der Waals surface area contributed by atoms with Gasteiger partial charge in [0, 0.05) is 30.0 Å². The second kappa shape index (κ2) is 8.26. The summed E-state index contributed by atoms with van der Waals surface area (Å²) in [6, 6.07) is 11.6. The van der Waals surface area contributed by atoms with Gasteiger partial charge in [-0.25, -0.2) is 0 Å². The lowest BCUT2D eigenvalue weighted by Gasteiger charge is -2.28. The van der Waals surface area contributed by atoms with E-state index in [1.54, 1.807) is 12.1 Å². The Labute approximate surface area is 172 Å². The Kier molecular flexibility index (Phi) is 5.57. The Morgan fingerprint density at radius 3 is 2.43 bits per heavy atom. The molecule has 0 bridgehead atoms. The maximum absolute atomic E-state index is 6.20. The van der Waals surface area contributed by atoms with E-state index in [1.165, 1.54) is 12.8 Å². The lowest BCUT2D eigenvalue weighted by Crippen LogP contribution is -2.36. The number of aromatic nitrogens is 3. The largest absolute Gasteiger partial charge is 0.494 e. The van der Waals surface area contributed by atoms with Crippen LogP contribution in [0.15, 0.2) is 36.4 Å². The standard InChI is InChI=1S/C19H19Cl2N5O2/c1-27-17-15(20)10-12(11-16(17)21)18-23-19(25-24-18)22-13-2-4-14(5-3-13)26-6-8-28-9-7-26/h2-5,10-11H,6-9H2,1H3,(H2,22,23,24,25). The number of benzene rings is 2. The van der Waals surface area contributed by atoms with Gasteiger partial charge in [0.15, 0.2) is 11.6 Å². The van der Waals surface area contributed by atoms with Crippen LogP contribution in [0.2, 0.25) is 10.0 Å². The lowest BCUT2D eigenvalue weighted by molar-refractivity contribution is 0.122. The number of hydrogen-bond acceptors (Lipinski definition) is 6. The first-order valence-corrected chi connectivity index (χ1v) is 9.55. The first kappa shape index (κ1) is 18.9. The Morgan fingerprint density at radius 2 is 1.79 bits per heavy atom. The van der Waals surface area contributed by atoms with Crippen LogP contribution < -0.4 is 15.0 Å². The van der Waals surface area contributed by atoms with Crippen molar-refractivity contribution in [3.63, 3.8) is 0 Å². The minimum atomic E-state index is 0.412. The Bertz CT molecular complexity index is 932. The van der Waals surface area contributed by atoms with Crippen LogP contribution in [0.5, 0.6) is 5.75 Å². The Hall–Kier alpha value is -2.48. The number of anilines is 3. The molecule has 7 nitrogen and oxygen atoms in total. The van der Waals surface area contributed by atoms with Crippen molar-refractivity contribution in [3.05, 3.63) is 46.4 Å². The molecule has 0 amide bonds. The molecule has 1 aromatic heterocycles. The molecule has 0 saturated carbocycles. The first-order valence-electron chi connectivity index (χ1n) is 8.79. The molecule has 0 radical (unpaired) electrons. The summed E-state index contributed by atoms with van der Waals surface area (Å²) >= 11 is 12.4. The van der Waals surface area contributed by atoms with E-state index in [2.05, 4.69) is 37.5 Å². The van der Waals surface area contributed by atoms with Crippen LogP contribution in [0.25, 0.3) is 11.4 Å². The van der Waals surface area contributed by atoms with Crippen LogP contribution >= 0.6 is 23.2 Å². The predicted molar refractivity (Wildman–Crippen MR) is 111 cm³/mol. The molecule has 1 aliphatic rings. The highest BCUT2D eigenvalue weighted by Gasteiger charge is 2.14. The second-order valence-corrected chi connectivity index (χ2v) is 7.07. The zero-order chi connectivity index (χ0) is 19.5. The van der Waals surface area contributed by atoms with Crippen molar-refractivity contribution < 1.29 is 9.47 Å². The summed E-state index contributed by atoms with van der Waals surface area (Å²) in [6.07, 6.45) is 0. The van der Waals surface area contributed by atoms with Gasteiger partial charge in [-0.15, -0.1) is 5.10 Å². The molecule has 0 atom stereocenters. The number of nitrogens with one attached hydrogen (secondary N) is 2. The number of rotatable bonds is 5. The van der Waals surface area contributed by atoms with Gasteiger partial charge in [-0.3, -0.25) is 5.10 Å². The van der Waals surface area contributed by atoms with Crippen LogP contribution in [0.3, 0.4) is 0 Å². The van der Waals surface area contributed by atoms with E-state index >= 15 is 0 Å². The quantitative estimate of drug-likeness (QED) is 0.639. The molecular formula is C19H19Cl2N5O2. The topological polar surface area (TPSA) is 75.3 Å². The van der Waals surface area contributed by atoms with Crippen LogP contribution in [-0.4, -0.2) is 48.6 Å². The smallest absolute Gasteiger partial charge is 0.246 e. The SMILES string of the molecule is COc1c(Cl)cc(-c2nc(Nc3ccc(N4CCOCC4)cc3)n[nH]2)cc1Cl. The fraction of sp³-hybridized carbons (Fsp3) is 0.263. The molecule has 4 rings (SSSR count). The van der Waals surface area contributed by atoms with E-state index in [0.29, 0.717) is 27.6 Å². The molecule has 146 valence electrons. The molecule has 0 aliphatic carbocycles. The first-order chi connectivity index (χ1) is 13.6. The highest BCUT2D eigenvalue weighted by atomic mass is 35.5. The van der Waals surface area contributed by atoms with E-state index in [-0.39, 0.29) is 0 Å². The summed E-state index contributed by atoms with van der Waals surface area (Å²) < 4.78 is 10.6. The molecule has 3 aromatic rings. The number of nitrogens with zero attached hydrogens (tertiary/aromatic N) is 3. The average Bonchev–Trinajstić information content (AvgIpc) is 3.17. The fourth-order valence-corrected chi connectivity index (χ4v) is 3.69. The zero-order valence-corrected chi connectivity index (χ0v) is 16.7. The summed E-state index contributed by atoms with van der Waals surface area (Å²) in [5, 5.41) is 11.1. The van der Waals surface area contributed by atoms with Crippen molar-refractivity contribution in [2.45, 2.75) is 0 Å². The fourth-order valence-electron chi connectivity index (χ4n) is 3.04.